The van der Waals surface area contributed by atoms with Crippen molar-refractivity contribution in [3.63, 3.8) is 0 Å². The normalized spacial score (nSPS) is 11.6. The summed E-state index contributed by atoms with van der Waals surface area (Å²) in [6.07, 6.45) is -3.53. The maximum Gasteiger partial charge on any atom is 0.433 e. The molecule has 1 heterocycles. The largest absolute Gasteiger partial charge is 0.434 e. The summed E-state index contributed by atoms with van der Waals surface area (Å²) in [7, 11) is 1.51. The second kappa shape index (κ2) is 12.3. The van der Waals surface area contributed by atoms with Crippen molar-refractivity contribution in [1.82, 2.24) is 20.6 Å². The molecule has 0 spiro atoms. The number of hydrogen-bond donors (Lipinski definition) is 3. The molecule has 2 rings (SSSR count). The average Bonchev–Trinajstić information content (AvgIpc) is 2.67. The fraction of sp³-hybridized carbons (Fsp3) is 0.353. The number of nitrogens with one attached hydrogen (secondary N) is 3. The smallest absolute Gasteiger partial charge is 0.433 e. The van der Waals surface area contributed by atoms with Crippen molar-refractivity contribution in [1.29, 1.82) is 0 Å². The number of guanidine groups is 1. The summed E-state index contributed by atoms with van der Waals surface area (Å²) in [5.41, 5.74) is -0.531. The molecule has 0 aliphatic heterocycles. The van der Waals surface area contributed by atoms with Gasteiger partial charge in [-0.25, -0.2) is 9.97 Å². The third-order valence-electron chi connectivity index (χ3n) is 3.51. The van der Waals surface area contributed by atoms with Crippen LogP contribution in [-0.4, -0.2) is 42.7 Å². The number of hydrogen-bond acceptors (Lipinski definition) is 5. The molecule has 3 N–H and O–H groups in total. The van der Waals surface area contributed by atoms with Gasteiger partial charge in [0, 0.05) is 38.4 Å². The van der Waals surface area contributed by atoms with Crippen LogP contribution in [0.3, 0.4) is 0 Å². The monoisotopic (exact) mass is 546 g/mol. The van der Waals surface area contributed by atoms with E-state index < -0.39 is 18.5 Å². The molecule has 30 heavy (non-hydrogen) atoms. The van der Waals surface area contributed by atoms with Crippen LogP contribution >= 0.6 is 24.0 Å². The van der Waals surface area contributed by atoms with Crippen LogP contribution in [0.2, 0.25) is 0 Å². The van der Waals surface area contributed by atoms with Crippen molar-refractivity contribution in [2.45, 2.75) is 19.3 Å². The molecule has 1 aromatic heterocycles. The van der Waals surface area contributed by atoms with Crippen LogP contribution < -0.4 is 20.7 Å². The molecule has 166 valence electrons. The zero-order valence-corrected chi connectivity index (χ0v) is 18.0. The Morgan fingerprint density at radius 1 is 1.13 bits per heavy atom. The predicted molar refractivity (Wildman–Crippen MR) is 112 cm³/mol. The zero-order chi connectivity index (χ0) is 21.3. The van der Waals surface area contributed by atoms with Gasteiger partial charge in [0.1, 0.15) is 11.4 Å². The molecule has 2 aromatic rings. The Bertz CT molecular complexity index is 821. The highest BCUT2D eigenvalue weighted by Gasteiger charge is 2.32. The first kappa shape index (κ1) is 25.6. The molecule has 0 atom stereocenters. The van der Waals surface area contributed by atoms with Gasteiger partial charge < -0.3 is 20.7 Å². The minimum atomic E-state index is -4.55. The third kappa shape index (κ3) is 8.51. The molecular formula is C17H20F5IN6O. The summed E-state index contributed by atoms with van der Waals surface area (Å²) in [5.74, 6) is 0.264. The number of ether oxygens (including phenoxy) is 1. The standard InChI is InChI=1S/C17H19F5N6O.HI/c1-23-15(27-10-11-4-2-3-5-12(11)29-14(18)19)25-8-9-26-16-24-7-6-13(28-16)17(20,21)22;/h2-7,14H,8-10H2,1H3,(H2,23,25,27)(H,24,26,28);1H. The molecular weight excluding hydrogens is 526 g/mol. The Morgan fingerprint density at radius 3 is 2.53 bits per heavy atom. The van der Waals surface area contributed by atoms with Crippen molar-refractivity contribution in [2.24, 2.45) is 4.99 Å². The number of halogens is 6. The van der Waals surface area contributed by atoms with Crippen molar-refractivity contribution in [2.75, 3.05) is 25.5 Å². The van der Waals surface area contributed by atoms with Gasteiger partial charge in [0.25, 0.3) is 0 Å². The highest BCUT2D eigenvalue weighted by molar-refractivity contribution is 14.0. The van der Waals surface area contributed by atoms with Crippen LogP contribution in [0.15, 0.2) is 41.5 Å². The molecule has 0 saturated carbocycles. The summed E-state index contributed by atoms with van der Waals surface area (Å²) in [4.78, 5) is 11.1. The van der Waals surface area contributed by atoms with Crippen molar-refractivity contribution >= 4 is 35.9 Å². The van der Waals surface area contributed by atoms with E-state index in [1.807, 2.05) is 0 Å². The van der Waals surface area contributed by atoms with E-state index in [2.05, 4.69) is 35.6 Å². The van der Waals surface area contributed by atoms with E-state index in [0.29, 0.717) is 11.5 Å². The molecule has 0 saturated heterocycles. The maximum atomic E-state index is 12.6. The number of anilines is 1. The van der Waals surface area contributed by atoms with E-state index in [4.69, 9.17) is 0 Å². The van der Waals surface area contributed by atoms with Gasteiger partial charge in [-0.1, -0.05) is 18.2 Å². The Kier molecular flexibility index (Phi) is 10.5. The Morgan fingerprint density at radius 2 is 1.87 bits per heavy atom. The number of aliphatic imine (C=N–C) groups is 1. The second-order valence-electron chi connectivity index (χ2n) is 5.53. The molecule has 0 aliphatic carbocycles. The fourth-order valence-corrected chi connectivity index (χ4v) is 2.22. The van der Waals surface area contributed by atoms with Crippen molar-refractivity contribution < 1.29 is 26.7 Å². The van der Waals surface area contributed by atoms with E-state index in [1.54, 1.807) is 18.2 Å². The van der Waals surface area contributed by atoms with Gasteiger partial charge in [0.05, 0.1) is 0 Å². The topological polar surface area (TPSA) is 83.5 Å². The molecule has 0 unspecified atom stereocenters. The summed E-state index contributed by atoms with van der Waals surface area (Å²) in [6.45, 7) is -2.26. The highest BCUT2D eigenvalue weighted by atomic mass is 127. The van der Waals surface area contributed by atoms with E-state index >= 15 is 0 Å². The quantitative estimate of drug-likeness (QED) is 0.155. The van der Waals surface area contributed by atoms with E-state index in [9.17, 15) is 22.0 Å². The van der Waals surface area contributed by atoms with Gasteiger partial charge in [-0.05, 0) is 12.1 Å². The molecule has 7 nitrogen and oxygen atoms in total. The first-order chi connectivity index (χ1) is 13.8. The summed E-state index contributed by atoms with van der Waals surface area (Å²) < 4.78 is 67.2. The molecule has 0 aliphatic rings. The van der Waals surface area contributed by atoms with Crippen LogP contribution in [0, 0.1) is 0 Å². The lowest BCUT2D eigenvalue weighted by atomic mass is 10.2. The number of nitrogens with zero attached hydrogens (tertiary/aromatic N) is 3. The molecule has 0 radical (unpaired) electrons. The first-order valence-electron chi connectivity index (χ1n) is 8.41. The van der Waals surface area contributed by atoms with Crippen LogP contribution in [0.25, 0.3) is 0 Å². The summed E-state index contributed by atoms with van der Waals surface area (Å²) in [6, 6.07) is 7.11. The van der Waals surface area contributed by atoms with Crippen molar-refractivity contribution in [3.8, 4) is 5.75 Å². The van der Waals surface area contributed by atoms with Crippen LogP contribution in [0.1, 0.15) is 11.3 Å². The molecule has 13 heteroatoms. The highest BCUT2D eigenvalue weighted by Crippen LogP contribution is 2.27. The first-order valence-corrected chi connectivity index (χ1v) is 8.41. The van der Waals surface area contributed by atoms with E-state index in [0.717, 1.165) is 12.3 Å². The van der Waals surface area contributed by atoms with Crippen molar-refractivity contribution in [3.05, 3.63) is 47.8 Å². The van der Waals surface area contributed by atoms with Crippen LogP contribution in [0.4, 0.5) is 27.9 Å². The molecule has 1 aromatic carbocycles. The summed E-state index contributed by atoms with van der Waals surface area (Å²) in [5, 5.41) is 8.53. The molecule has 0 fully saturated rings. The van der Waals surface area contributed by atoms with E-state index in [-0.39, 0.29) is 55.3 Å². The maximum absolute atomic E-state index is 12.6. The predicted octanol–water partition coefficient (Wildman–Crippen LogP) is 3.49. The van der Waals surface area contributed by atoms with Gasteiger partial charge in [-0.2, -0.15) is 22.0 Å². The SMILES string of the molecule is CN=C(NCCNc1nccc(C(F)(F)F)n1)NCc1ccccc1OC(F)F.I. The van der Waals surface area contributed by atoms with Gasteiger partial charge in [0.15, 0.2) is 5.96 Å². The third-order valence-corrected chi connectivity index (χ3v) is 3.51. The lowest BCUT2D eigenvalue weighted by Crippen LogP contribution is -2.39. The van der Waals surface area contributed by atoms with Gasteiger partial charge in [-0.3, -0.25) is 4.99 Å². The number of para-hydroxylation sites is 1. The van der Waals surface area contributed by atoms with E-state index in [1.165, 1.54) is 13.1 Å². The number of aromatic nitrogens is 2. The molecule has 0 bridgehead atoms. The fourth-order valence-electron chi connectivity index (χ4n) is 2.22. The Balaban J connectivity index is 0.00000450. The minimum Gasteiger partial charge on any atom is -0.434 e. The van der Waals surface area contributed by atoms with Gasteiger partial charge in [-0.15, -0.1) is 24.0 Å². The average molecular weight is 546 g/mol. The van der Waals surface area contributed by atoms with Gasteiger partial charge in [0.2, 0.25) is 5.95 Å². The lowest BCUT2D eigenvalue weighted by molar-refractivity contribution is -0.141. The molecule has 0 amide bonds. The zero-order valence-electron chi connectivity index (χ0n) is 15.7. The number of alkyl halides is 5. The number of benzene rings is 1. The van der Waals surface area contributed by atoms with Crippen LogP contribution in [-0.2, 0) is 12.7 Å². The minimum absolute atomic E-state index is 0. The Labute approximate surface area is 186 Å². The lowest BCUT2D eigenvalue weighted by Gasteiger charge is -2.15. The van der Waals surface area contributed by atoms with Gasteiger partial charge >= 0.3 is 12.8 Å². The summed E-state index contributed by atoms with van der Waals surface area (Å²) >= 11 is 0. The number of rotatable bonds is 8. The second-order valence-corrected chi connectivity index (χ2v) is 5.53. The Hall–Kier alpha value is -2.45. The van der Waals surface area contributed by atoms with Crippen LogP contribution in [0.5, 0.6) is 5.75 Å².